The average molecular weight is 870 g/mol. The van der Waals surface area contributed by atoms with E-state index in [1.807, 2.05) is 0 Å². The predicted octanol–water partition coefficient (Wildman–Crippen LogP) is 17.2. The highest BCUT2D eigenvalue weighted by atomic mass is 16.5. The van der Waals surface area contributed by atoms with Crippen LogP contribution in [0, 0.1) is 0 Å². The molecule has 0 unspecified atom stereocenters. The van der Waals surface area contributed by atoms with Gasteiger partial charge >= 0.3 is 0 Å². The van der Waals surface area contributed by atoms with Gasteiger partial charge in [0.25, 0.3) is 0 Å². The Morgan fingerprint density at radius 1 is 0.365 bits per heavy atom. The molecule has 9 nitrogen and oxygen atoms in total. The van der Waals surface area contributed by atoms with E-state index in [0.29, 0.717) is 46.2 Å². The standard InChI is InChI=1S/C54H83N3O6/c1-6-11-16-24-33-58-48-31-30-43-44-39-49(59-34-25-17-12-7-2)50(60-35-26-18-13-8-3)40-45(44)46-41-51(61-36-27-19-14-9-4)52(62-37-28-20-15-10-5)42-47(46)53(43)54(48)63-38-29-22-21-23-32-56-57-55/h30-31,39-42H,6-29,32-38H2,1-5H3. The Morgan fingerprint density at radius 3 is 1.11 bits per heavy atom. The van der Waals surface area contributed by atoms with Crippen molar-refractivity contribution in [2.75, 3.05) is 46.2 Å². The quantitative estimate of drug-likeness (QED) is 0.0146. The summed E-state index contributed by atoms with van der Waals surface area (Å²) in [5.41, 5.74) is 8.72. The van der Waals surface area contributed by atoms with E-state index in [1.54, 1.807) is 0 Å². The van der Waals surface area contributed by atoms with Crippen molar-refractivity contribution in [3.8, 4) is 34.5 Å². The first-order valence-corrected chi connectivity index (χ1v) is 25.4. The molecule has 0 atom stereocenters. The number of unbranched alkanes of at least 4 members (excludes halogenated alkanes) is 18. The number of ether oxygens (including phenoxy) is 6. The summed E-state index contributed by atoms with van der Waals surface area (Å²) in [6, 6.07) is 13.1. The van der Waals surface area contributed by atoms with Crippen LogP contribution in [-0.2, 0) is 0 Å². The van der Waals surface area contributed by atoms with E-state index in [2.05, 4.69) is 81.0 Å². The minimum Gasteiger partial charge on any atom is -0.490 e. The van der Waals surface area contributed by atoms with Gasteiger partial charge in [0.2, 0.25) is 0 Å². The molecule has 0 aromatic heterocycles. The van der Waals surface area contributed by atoms with Gasteiger partial charge in [-0.1, -0.05) is 149 Å². The van der Waals surface area contributed by atoms with Crippen molar-refractivity contribution in [1.82, 2.24) is 0 Å². The van der Waals surface area contributed by atoms with Gasteiger partial charge in [0.15, 0.2) is 34.5 Å². The lowest BCUT2D eigenvalue weighted by Gasteiger charge is -2.22. The summed E-state index contributed by atoms with van der Waals surface area (Å²) in [5, 5.41) is 10.1. The van der Waals surface area contributed by atoms with Crippen LogP contribution in [0.1, 0.15) is 189 Å². The van der Waals surface area contributed by atoms with Crippen LogP contribution in [0.3, 0.4) is 0 Å². The molecule has 0 amide bonds. The average Bonchev–Trinajstić information content (AvgIpc) is 3.29. The second kappa shape index (κ2) is 31.6. The van der Waals surface area contributed by atoms with Gasteiger partial charge in [-0.15, -0.1) is 0 Å². The summed E-state index contributed by atoms with van der Waals surface area (Å²) in [6.45, 7) is 15.5. The minimum absolute atomic E-state index is 0.527. The Bertz CT molecular complexity index is 1930. The molecular formula is C54H83N3O6. The van der Waals surface area contributed by atoms with Crippen LogP contribution in [0.2, 0.25) is 0 Å². The minimum atomic E-state index is 0.527. The van der Waals surface area contributed by atoms with E-state index in [4.69, 9.17) is 34.0 Å². The van der Waals surface area contributed by atoms with Crippen LogP contribution in [0.15, 0.2) is 41.5 Å². The van der Waals surface area contributed by atoms with Gasteiger partial charge in [-0.2, -0.15) is 0 Å². The molecular weight excluding hydrogens is 787 g/mol. The topological polar surface area (TPSA) is 104 Å². The maximum atomic E-state index is 8.72. The number of nitrogens with zero attached hydrogens (tertiary/aromatic N) is 3. The predicted molar refractivity (Wildman–Crippen MR) is 265 cm³/mol. The van der Waals surface area contributed by atoms with E-state index in [1.165, 1.54) is 64.2 Å². The molecule has 0 aliphatic rings. The maximum absolute atomic E-state index is 8.72. The Labute approximate surface area is 380 Å². The zero-order valence-electron chi connectivity index (χ0n) is 40.2. The first-order chi connectivity index (χ1) is 31.1. The smallest absolute Gasteiger partial charge is 0.169 e. The van der Waals surface area contributed by atoms with E-state index in [-0.39, 0.29) is 0 Å². The first kappa shape index (κ1) is 51.4. The van der Waals surface area contributed by atoms with Gasteiger partial charge in [0.1, 0.15) is 0 Å². The number of hydrogen-bond acceptors (Lipinski definition) is 7. The summed E-state index contributed by atoms with van der Waals surface area (Å²) >= 11 is 0. The van der Waals surface area contributed by atoms with Crippen molar-refractivity contribution in [2.45, 2.75) is 189 Å². The molecule has 0 saturated carbocycles. The molecule has 0 bridgehead atoms. The van der Waals surface area contributed by atoms with Crippen LogP contribution >= 0.6 is 0 Å². The number of rotatable bonds is 38. The highest BCUT2D eigenvalue weighted by Crippen LogP contribution is 2.49. The maximum Gasteiger partial charge on any atom is 0.169 e. The summed E-state index contributed by atoms with van der Waals surface area (Å²) < 4.78 is 40.2. The zero-order valence-corrected chi connectivity index (χ0v) is 40.2. The molecule has 4 aromatic rings. The van der Waals surface area contributed by atoms with E-state index >= 15 is 0 Å². The number of fused-ring (bicyclic) bond motifs is 6. The van der Waals surface area contributed by atoms with Gasteiger partial charge in [0.05, 0.1) is 39.6 Å². The van der Waals surface area contributed by atoms with Gasteiger partial charge in [-0.3, -0.25) is 0 Å². The van der Waals surface area contributed by atoms with Crippen LogP contribution in [-0.4, -0.2) is 46.2 Å². The van der Waals surface area contributed by atoms with Gasteiger partial charge in [-0.05, 0) is 114 Å². The molecule has 63 heavy (non-hydrogen) atoms. The van der Waals surface area contributed by atoms with Crippen LogP contribution in [0.5, 0.6) is 34.5 Å². The summed E-state index contributed by atoms with van der Waals surface area (Å²) in [4.78, 5) is 2.91. The third-order valence-electron chi connectivity index (χ3n) is 11.9. The molecule has 350 valence electrons. The lowest BCUT2D eigenvalue weighted by atomic mass is 9.92. The van der Waals surface area contributed by atoms with Crippen molar-refractivity contribution in [1.29, 1.82) is 0 Å². The van der Waals surface area contributed by atoms with Gasteiger partial charge in [-0.25, -0.2) is 0 Å². The molecule has 0 aliphatic carbocycles. The second-order valence-electron chi connectivity index (χ2n) is 17.3. The lowest BCUT2D eigenvalue weighted by molar-refractivity contribution is 0.259. The molecule has 0 heterocycles. The normalized spacial score (nSPS) is 11.3. The Hall–Kier alpha value is -4.23. The molecule has 0 radical (unpaired) electrons. The highest BCUT2D eigenvalue weighted by Gasteiger charge is 2.22. The van der Waals surface area contributed by atoms with E-state index in [9.17, 15) is 0 Å². The van der Waals surface area contributed by atoms with Crippen molar-refractivity contribution in [3.63, 3.8) is 0 Å². The van der Waals surface area contributed by atoms with Crippen molar-refractivity contribution in [2.24, 2.45) is 5.11 Å². The molecule has 0 fully saturated rings. The zero-order chi connectivity index (χ0) is 44.7. The largest absolute Gasteiger partial charge is 0.490 e. The van der Waals surface area contributed by atoms with Crippen LogP contribution in [0.25, 0.3) is 42.8 Å². The molecule has 9 heteroatoms. The number of hydrogen-bond donors (Lipinski definition) is 0. The van der Waals surface area contributed by atoms with Crippen molar-refractivity contribution < 1.29 is 28.4 Å². The monoisotopic (exact) mass is 870 g/mol. The molecule has 0 N–H and O–H groups in total. The Balaban J connectivity index is 1.95. The fraction of sp³-hybridized carbons (Fsp3) is 0.667. The third-order valence-corrected chi connectivity index (χ3v) is 11.9. The SMILES string of the molecule is CCCCCCOc1cc2c(cc1OCCCCCC)c1ccc(OCCCCCC)c(OCCCCCCN=[N+]=[N-])c1c1cc(OCCCCCC)c(OCCCCCC)cc21. The van der Waals surface area contributed by atoms with Crippen LogP contribution in [0.4, 0.5) is 0 Å². The summed E-state index contributed by atoms with van der Waals surface area (Å²) in [6.07, 6.45) is 26.3. The summed E-state index contributed by atoms with van der Waals surface area (Å²) in [7, 11) is 0. The fourth-order valence-corrected chi connectivity index (χ4v) is 8.17. The van der Waals surface area contributed by atoms with Crippen molar-refractivity contribution >= 4 is 32.3 Å². The molecule has 4 rings (SSSR count). The Morgan fingerprint density at radius 2 is 0.698 bits per heavy atom. The molecule has 0 saturated heterocycles. The third kappa shape index (κ3) is 17.3. The van der Waals surface area contributed by atoms with E-state index < -0.39 is 0 Å². The fourth-order valence-electron chi connectivity index (χ4n) is 8.17. The highest BCUT2D eigenvalue weighted by molar-refractivity contribution is 6.28. The van der Waals surface area contributed by atoms with Gasteiger partial charge in [0, 0.05) is 16.8 Å². The summed E-state index contributed by atoms with van der Waals surface area (Å²) in [5.74, 6) is 4.66. The molecule has 0 spiro atoms. The van der Waals surface area contributed by atoms with Crippen LogP contribution < -0.4 is 28.4 Å². The second-order valence-corrected chi connectivity index (χ2v) is 17.3. The molecule has 4 aromatic carbocycles. The Kier molecular flexibility index (Phi) is 25.8. The first-order valence-electron chi connectivity index (χ1n) is 25.4. The lowest BCUT2D eigenvalue weighted by Crippen LogP contribution is -2.05. The van der Waals surface area contributed by atoms with Crippen molar-refractivity contribution in [3.05, 3.63) is 46.8 Å². The van der Waals surface area contributed by atoms with Gasteiger partial charge < -0.3 is 28.4 Å². The van der Waals surface area contributed by atoms with E-state index in [0.717, 1.165) is 157 Å². The number of benzene rings is 4. The molecule has 0 aliphatic heterocycles. The number of azide groups is 1.